The average Bonchev–Trinajstić information content (AvgIpc) is 3.24. The van der Waals surface area contributed by atoms with Gasteiger partial charge in [-0.3, -0.25) is 9.78 Å². The van der Waals surface area contributed by atoms with Gasteiger partial charge in [-0.05, 0) is 18.6 Å². The summed E-state index contributed by atoms with van der Waals surface area (Å²) < 4.78 is 7.13. The molecular weight excluding hydrogens is 282 g/mol. The molecule has 0 fully saturated rings. The lowest BCUT2D eigenvalue weighted by molar-refractivity contribution is 0.0944. The van der Waals surface area contributed by atoms with E-state index in [0.29, 0.717) is 12.3 Å². The Hall–Kier alpha value is -2.96. The molecule has 0 aromatic carbocycles. The van der Waals surface area contributed by atoms with Crippen LogP contribution in [-0.4, -0.2) is 32.1 Å². The molecule has 0 aliphatic carbocycles. The summed E-state index contributed by atoms with van der Waals surface area (Å²) in [6.07, 6.45) is 9.52. The molecular formula is C15H15N5O2. The highest BCUT2D eigenvalue weighted by atomic mass is 16.5. The highest BCUT2D eigenvalue weighted by Crippen LogP contribution is 2.18. The van der Waals surface area contributed by atoms with Gasteiger partial charge in [0.25, 0.3) is 5.91 Å². The first-order valence-corrected chi connectivity index (χ1v) is 6.94. The summed E-state index contributed by atoms with van der Waals surface area (Å²) in [6.45, 7) is 1.37. The molecule has 0 radical (unpaired) electrons. The second kappa shape index (κ2) is 6.66. The van der Waals surface area contributed by atoms with E-state index in [0.717, 1.165) is 18.5 Å². The number of nitrogens with zero attached hydrogens (tertiary/aromatic N) is 4. The van der Waals surface area contributed by atoms with Crippen LogP contribution in [-0.2, 0) is 6.54 Å². The lowest BCUT2D eigenvalue weighted by Gasteiger charge is -2.03. The van der Waals surface area contributed by atoms with Gasteiger partial charge in [-0.1, -0.05) is 5.16 Å². The second-order valence-corrected chi connectivity index (χ2v) is 4.73. The molecule has 7 heteroatoms. The van der Waals surface area contributed by atoms with Crippen LogP contribution < -0.4 is 5.32 Å². The number of pyridine rings is 1. The van der Waals surface area contributed by atoms with Crippen molar-refractivity contribution in [2.24, 2.45) is 0 Å². The van der Waals surface area contributed by atoms with Crippen LogP contribution in [0.1, 0.15) is 16.9 Å². The number of nitrogens with one attached hydrogen (secondary N) is 1. The molecule has 0 atom stereocenters. The van der Waals surface area contributed by atoms with Crippen LogP contribution in [0.4, 0.5) is 0 Å². The van der Waals surface area contributed by atoms with E-state index in [1.165, 1.54) is 0 Å². The Balaban J connectivity index is 1.51. The van der Waals surface area contributed by atoms with Crippen LogP contribution in [0.15, 0.2) is 53.8 Å². The summed E-state index contributed by atoms with van der Waals surface area (Å²) in [4.78, 5) is 20.0. The molecule has 1 amide bonds. The van der Waals surface area contributed by atoms with Gasteiger partial charge in [0.2, 0.25) is 0 Å². The topological polar surface area (TPSA) is 85.8 Å². The predicted molar refractivity (Wildman–Crippen MR) is 78.9 cm³/mol. The number of carbonyl (C=O) groups excluding carboxylic acids is 1. The zero-order chi connectivity index (χ0) is 15.2. The van der Waals surface area contributed by atoms with E-state index in [4.69, 9.17) is 4.52 Å². The van der Waals surface area contributed by atoms with E-state index >= 15 is 0 Å². The quantitative estimate of drug-likeness (QED) is 0.701. The van der Waals surface area contributed by atoms with Gasteiger partial charge in [0.05, 0.1) is 6.33 Å². The van der Waals surface area contributed by atoms with Crippen molar-refractivity contribution in [3.05, 3.63) is 55.0 Å². The van der Waals surface area contributed by atoms with Gasteiger partial charge < -0.3 is 14.4 Å². The Labute approximate surface area is 127 Å². The lowest BCUT2D eigenvalue weighted by atomic mass is 10.2. The molecule has 3 aromatic rings. The molecule has 0 saturated heterocycles. The molecule has 112 valence electrons. The minimum atomic E-state index is -0.246. The second-order valence-electron chi connectivity index (χ2n) is 4.73. The van der Waals surface area contributed by atoms with E-state index in [1.54, 1.807) is 37.1 Å². The Bertz CT molecular complexity index is 721. The minimum absolute atomic E-state index is 0.246. The summed E-state index contributed by atoms with van der Waals surface area (Å²) in [5.41, 5.74) is 1.05. The summed E-state index contributed by atoms with van der Waals surface area (Å²) in [5, 5.41) is 6.61. The first-order chi connectivity index (χ1) is 10.8. The molecule has 3 rings (SSSR count). The molecule has 3 heterocycles. The number of aromatic nitrogens is 4. The van der Waals surface area contributed by atoms with Crippen molar-refractivity contribution in [1.82, 2.24) is 25.0 Å². The van der Waals surface area contributed by atoms with E-state index in [2.05, 4.69) is 20.4 Å². The summed E-state index contributed by atoms with van der Waals surface area (Å²) >= 11 is 0. The number of rotatable bonds is 6. The van der Waals surface area contributed by atoms with Crippen LogP contribution in [0.25, 0.3) is 11.3 Å². The molecule has 7 nitrogen and oxygen atoms in total. The standard InChI is InChI=1S/C15H15N5O2/c21-15(18-5-2-7-20-8-6-17-11-20)13-9-14(22-19-13)12-3-1-4-16-10-12/h1,3-4,6,8-11H,2,5,7H2,(H,18,21). The van der Waals surface area contributed by atoms with Crippen molar-refractivity contribution < 1.29 is 9.32 Å². The number of aryl methyl sites for hydroxylation is 1. The molecule has 1 N–H and O–H groups in total. The molecule has 0 aliphatic rings. The van der Waals surface area contributed by atoms with E-state index in [1.807, 2.05) is 16.8 Å². The van der Waals surface area contributed by atoms with Gasteiger partial charge in [-0.15, -0.1) is 0 Å². The van der Waals surface area contributed by atoms with Crippen molar-refractivity contribution in [3.8, 4) is 11.3 Å². The van der Waals surface area contributed by atoms with Crippen LogP contribution in [0.5, 0.6) is 0 Å². The third-order valence-electron chi connectivity index (χ3n) is 3.13. The minimum Gasteiger partial charge on any atom is -0.355 e. The molecule has 0 bridgehead atoms. The van der Waals surface area contributed by atoms with E-state index in [-0.39, 0.29) is 11.6 Å². The first kappa shape index (κ1) is 14.0. The maximum absolute atomic E-state index is 12.0. The van der Waals surface area contributed by atoms with Gasteiger partial charge in [-0.2, -0.15) is 0 Å². The van der Waals surface area contributed by atoms with Crippen molar-refractivity contribution in [2.75, 3.05) is 6.54 Å². The maximum atomic E-state index is 12.0. The zero-order valence-electron chi connectivity index (χ0n) is 11.8. The monoisotopic (exact) mass is 297 g/mol. The molecule has 3 aromatic heterocycles. The van der Waals surface area contributed by atoms with E-state index in [9.17, 15) is 4.79 Å². The summed E-state index contributed by atoms with van der Waals surface area (Å²) in [6, 6.07) is 5.26. The fraction of sp³-hybridized carbons (Fsp3) is 0.200. The SMILES string of the molecule is O=C(NCCCn1ccnc1)c1cc(-c2cccnc2)on1. The van der Waals surface area contributed by atoms with Crippen LogP contribution in [0, 0.1) is 0 Å². The van der Waals surface area contributed by atoms with Crippen LogP contribution in [0.3, 0.4) is 0 Å². The molecule has 0 spiro atoms. The fourth-order valence-corrected chi connectivity index (χ4v) is 2.00. The number of carbonyl (C=O) groups is 1. The summed E-state index contributed by atoms with van der Waals surface area (Å²) in [7, 11) is 0. The predicted octanol–water partition coefficient (Wildman–Crippen LogP) is 1.75. The Kier molecular flexibility index (Phi) is 4.24. The summed E-state index contributed by atoms with van der Waals surface area (Å²) in [5.74, 6) is 0.279. The molecule has 0 unspecified atom stereocenters. The molecule has 22 heavy (non-hydrogen) atoms. The first-order valence-electron chi connectivity index (χ1n) is 6.94. The van der Waals surface area contributed by atoms with Gasteiger partial charge in [0, 0.05) is 49.5 Å². The maximum Gasteiger partial charge on any atom is 0.273 e. The van der Waals surface area contributed by atoms with Gasteiger partial charge >= 0.3 is 0 Å². The van der Waals surface area contributed by atoms with E-state index < -0.39 is 0 Å². The van der Waals surface area contributed by atoms with Gasteiger partial charge in [-0.25, -0.2) is 4.98 Å². The third-order valence-corrected chi connectivity index (χ3v) is 3.13. The Morgan fingerprint density at radius 1 is 1.32 bits per heavy atom. The molecule has 0 saturated carbocycles. The lowest BCUT2D eigenvalue weighted by Crippen LogP contribution is -2.25. The fourth-order valence-electron chi connectivity index (χ4n) is 2.00. The third kappa shape index (κ3) is 3.38. The highest BCUT2D eigenvalue weighted by Gasteiger charge is 2.13. The average molecular weight is 297 g/mol. The van der Waals surface area contributed by atoms with Crippen molar-refractivity contribution in [3.63, 3.8) is 0 Å². The smallest absolute Gasteiger partial charge is 0.273 e. The van der Waals surface area contributed by atoms with Crippen molar-refractivity contribution in [1.29, 1.82) is 0 Å². The normalized spacial score (nSPS) is 10.5. The number of hydrogen-bond acceptors (Lipinski definition) is 5. The Morgan fingerprint density at radius 3 is 3.05 bits per heavy atom. The van der Waals surface area contributed by atoms with Crippen LogP contribution in [0.2, 0.25) is 0 Å². The largest absolute Gasteiger partial charge is 0.355 e. The van der Waals surface area contributed by atoms with Gasteiger partial charge in [0.1, 0.15) is 0 Å². The van der Waals surface area contributed by atoms with Crippen molar-refractivity contribution in [2.45, 2.75) is 13.0 Å². The number of imidazole rings is 1. The highest BCUT2D eigenvalue weighted by molar-refractivity contribution is 5.93. The van der Waals surface area contributed by atoms with Gasteiger partial charge in [0.15, 0.2) is 11.5 Å². The molecule has 0 aliphatic heterocycles. The van der Waals surface area contributed by atoms with Crippen LogP contribution >= 0.6 is 0 Å². The van der Waals surface area contributed by atoms with Crippen molar-refractivity contribution >= 4 is 5.91 Å². The number of hydrogen-bond donors (Lipinski definition) is 1. The Morgan fingerprint density at radius 2 is 2.27 bits per heavy atom. The number of amides is 1. The zero-order valence-corrected chi connectivity index (χ0v) is 11.8.